The van der Waals surface area contributed by atoms with E-state index < -0.39 is 0 Å². The number of hydrogen-bond donors (Lipinski definition) is 1. The molecule has 0 aliphatic heterocycles. The van der Waals surface area contributed by atoms with Crippen molar-refractivity contribution in [3.8, 4) is 0 Å². The molecule has 1 saturated carbocycles. The van der Waals surface area contributed by atoms with Gasteiger partial charge in [0, 0.05) is 6.61 Å². The predicted octanol–water partition coefficient (Wildman–Crippen LogP) is 3.62. The Morgan fingerprint density at radius 3 is 2.12 bits per heavy atom. The fourth-order valence-electron chi connectivity index (χ4n) is 3.49. The van der Waals surface area contributed by atoms with Gasteiger partial charge in [-0.2, -0.15) is 0 Å². The topological polar surface area (TPSA) is 29.5 Å². The Labute approximate surface area is 107 Å². The molecule has 2 heteroatoms. The van der Waals surface area contributed by atoms with Gasteiger partial charge in [0.25, 0.3) is 0 Å². The first-order chi connectivity index (χ1) is 7.92. The molecule has 4 atom stereocenters. The van der Waals surface area contributed by atoms with Crippen LogP contribution < -0.4 is 0 Å². The van der Waals surface area contributed by atoms with Gasteiger partial charge < -0.3 is 9.84 Å². The number of rotatable bonds is 5. The van der Waals surface area contributed by atoms with Crippen LogP contribution in [0.4, 0.5) is 0 Å². The Kier molecular flexibility index (Phi) is 5.46. The van der Waals surface area contributed by atoms with Gasteiger partial charge in [0.2, 0.25) is 0 Å². The molecule has 0 spiro atoms. The van der Waals surface area contributed by atoms with Gasteiger partial charge in [-0.3, -0.25) is 0 Å². The predicted molar refractivity (Wildman–Crippen MR) is 72.0 cm³/mol. The molecule has 0 aromatic heterocycles. The molecule has 0 amide bonds. The van der Waals surface area contributed by atoms with E-state index in [4.69, 9.17) is 4.74 Å². The van der Waals surface area contributed by atoms with E-state index in [1.807, 2.05) is 6.92 Å². The Bertz CT molecular complexity index is 219. The zero-order valence-electron chi connectivity index (χ0n) is 12.2. The maximum atomic E-state index is 10.6. The van der Waals surface area contributed by atoms with Gasteiger partial charge >= 0.3 is 0 Å². The summed E-state index contributed by atoms with van der Waals surface area (Å²) >= 11 is 0. The molecule has 1 rings (SSSR count). The summed E-state index contributed by atoms with van der Waals surface area (Å²) in [5.74, 6) is 1.88. The Morgan fingerprint density at radius 2 is 1.71 bits per heavy atom. The molecule has 17 heavy (non-hydrogen) atoms. The van der Waals surface area contributed by atoms with Crippen molar-refractivity contribution in [1.29, 1.82) is 0 Å². The lowest BCUT2D eigenvalue weighted by Crippen LogP contribution is -2.47. The monoisotopic (exact) mass is 242 g/mol. The van der Waals surface area contributed by atoms with Crippen LogP contribution in [-0.4, -0.2) is 23.4 Å². The standard InChI is InChI=1S/C15H30O2/c1-6-15(5,17-7-2)14(16)13-9-11(3)8-12(4)10-13/h11-14,16H,6-10H2,1-5H3. The molecule has 4 unspecified atom stereocenters. The van der Waals surface area contributed by atoms with Gasteiger partial charge in [0.1, 0.15) is 0 Å². The first-order valence-electron chi connectivity index (χ1n) is 7.24. The van der Waals surface area contributed by atoms with Crippen molar-refractivity contribution in [2.45, 2.75) is 72.0 Å². The van der Waals surface area contributed by atoms with Crippen molar-refractivity contribution in [2.24, 2.45) is 17.8 Å². The summed E-state index contributed by atoms with van der Waals surface area (Å²) in [6.07, 6.45) is 4.15. The number of ether oxygens (including phenoxy) is 1. The quantitative estimate of drug-likeness (QED) is 0.798. The van der Waals surface area contributed by atoms with Gasteiger partial charge in [-0.1, -0.05) is 20.8 Å². The van der Waals surface area contributed by atoms with Crippen LogP contribution in [0.2, 0.25) is 0 Å². The molecule has 0 bridgehead atoms. The van der Waals surface area contributed by atoms with Crippen molar-refractivity contribution in [3.63, 3.8) is 0 Å². The maximum absolute atomic E-state index is 10.6. The second-order valence-electron chi connectivity index (χ2n) is 6.22. The van der Waals surface area contributed by atoms with E-state index in [0.717, 1.165) is 31.1 Å². The first-order valence-corrected chi connectivity index (χ1v) is 7.24. The van der Waals surface area contributed by atoms with Crippen molar-refractivity contribution in [3.05, 3.63) is 0 Å². The van der Waals surface area contributed by atoms with Gasteiger partial charge in [-0.05, 0) is 57.3 Å². The van der Waals surface area contributed by atoms with Crippen molar-refractivity contribution < 1.29 is 9.84 Å². The van der Waals surface area contributed by atoms with Gasteiger partial charge in [0.15, 0.2) is 0 Å². The highest BCUT2D eigenvalue weighted by molar-refractivity contribution is 4.90. The molecule has 0 saturated heterocycles. The van der Waals surface area contributed by atoms with Crippen LogP contribution >= 0.6 is 0 Å². The van der Waals surface area contributed by atoms with E-state index in [9.17, 15) is 5.11 Å². The highest BCUT2D eigenvalue weighted by atomic mass is 16.5. The number of hydrogen-bond acceptors (Lipinski definition) is 2. The van der Waals surface area contributed by atoms with Crippen LogP contribution in [0.15, 0.2) is 0 Å². The fraction of sp³-hybridized carbons (Fsp3) is 1.00. The molecule has 102 valence electrons. The van der Waals surface area contributed by atoms with Crippen LogP contribution in [0.25, 0.3) is 0 Å². The SMILES string of the molecule is CCOC(C)(CC)C(O)C1CC(C)CC(C)C1. The summed E-state index contributed by atoms with van der Waals surface area (Å²) in [4.78, 5) is 0. The summed E-state index contributed by atoms with van der Waals surface area (Å²) in [6.45, 7) is 11.5. The Balaban J connectivity index is 2.69. The second kappa shape index (κ2) is 6.19. The normalized spacial score (nSPS) is 35.3. The van der Waals surface area contributed by atoms with E-state index in [1.54, 1.807) is 0 Å². The van der Waals surface area contributed by atoms with Crippen LogP contribution in [0.5, 0.6) is 0 Å². The molecule has 0 heterocycles. The fourth-order valence-corrected chi connectivity index (χ4v) is 3.49. The average Bonchev–Trinajstić information content (AvgIpc) is 2.27. The molecule has 1 fully saturated rings. The van der Waals surface area contributed by atoms with Gasteiger partial charge in [-0.25, -0.2) is 0 Å². The molecular formula is C15H30O2. The minimum absolute atomic E-state index is 0.322. The smallest absolute Gasteiger partial charge is 0.0912 e. The largest absolute Gasteiger partial charge is 0.390 e. The lowest BCUT2D eigenvalue weighted by atomic mass is 9.71. The minimum Gasteiger partial charge on any atom is -0.390 e. The van der Waals surface area contributed by atoms with E-state index in [0.29, 0.717) is 12.5 Å². The summed E-state index contributed by atoms with van der Waals surface area (Å²) in [5, 5.41) is 10.6. The van der Waals surface area contributed by atoms with Crippen LogP contribution in [0.3, 0.4) is 0 Å². The molecule has 2 nitrogen and oxygen atoms in total. The molecule has 0 aromatic carbocycles. The summed E-state index contributed by atoms with van der Waals surface area (Å²) in [7, 11) is 0. The molecule has 0 radical (unpaired) electrons. The van der Waals surface area contributed by atoms with Crippen molar-refractivity contribution >= 4 is 0 Å². The number of aliphatic hydroxyl groups is 1. The highest BCUT2D eigenvalue weighted by Gasteiger charge is 2.40. The Morgan fingerprint density at radius 1 is 1.18 bits per heavy atom. The first kappa shape index (κ1) is 15.0. The third-order valence-corrected chi connectivity index (χ3v) is 4.46. The van der Waals surface area contributed by atoms with E-state index in [2.05, 4.69) is 27.7 Å². The molecule has 0 aromatic rings. The minimum atomic E-state index is -0.365. The molecular weight excluding hydrogens is 212 g/mol. The van der Waals surface area contributed by atoms with Crippen molar-refractivity contribution in [1.82, 2.24) is 0 Å². The highest BCUT2D eigenvalue weighted by Crippen LogP contribution is 2.39. The third kappa shape index (κ3) is 3.69. The Hall–Kier alpha value is -0.0800. The van der Waals surface area contributed by atoms with Gasteiger partial charge in [-0.15, -0.1) is 0 Å². The molecule has 1 aliphatic carbocycles. The van der Waals surface area contributed by atoms with Gasteiger partial charge in [0.05, 0.1) is 11.7 Å². The summed E-state index contributed by atoms with van der Waals surface area (Å²) in [6, 6.07) is 0. The lowest BCUT2D eigenvalue weighted by Gasteiger charge is -2.42. The second-order valence-corrected chi connectivity index (χ2v) is 6.22. The van der Waals surface area contributed by atoms with E-state index >= 15 is 0 Å². The van der Waals surface area contributed by atoms with E-state index in [1.165, 1.54) is 6.42 Å². The molecule has 1 aliphatic rings. The number of aliphatic hydroxyl groups excluding tert-OH is 1. The van der Waals surface area contributed by atoms with Crippen LogP contribution in [0, 0.1) is 17.8 Å². The van der Waals surface area contributed by atoms with E-state index in [-0.39, 0.29) is 11.7 Å². The average molecular weight is 242 g/mol. The van der Waals surface area contributed by atoms with Crippen LogP contribution in [-0.2, 0) is 4.74 Å². The maximum Gasteiger partial charge on any atom is 0.0912 e. The summed E-state index contributed by atoms with van der Waals surface area (Å²) in [5.41, 5.74) is -0.365. The zero-order valence-corrected chi connectivity index (χ0v) is 12.2. The third-order valence-electron chi connectivity index (χ3n) is 4.46. The van der Waals surface area contributed by atoms with Crippen molar-refractivity contribution in [2.75, 3.05) is 6.61 Å². The molecule has 1 N–H and O–H groups in total. The lowest BCUT2D eigenvalue weighted by molar-refractivity contribution is -0.139. The zero-order chi connectivity index (χ0) is 13.1. The summed E-state index contributed by atoms with van der Waals surface area (Å²) < 4.78 is 5.81. The van der Waals surface area contributed by atoms with Crippen LogP contribution in [0.1, 0.15) is 60.3 Å².